The van der Waals surface area contributed by atoms with Gasteiger partial charge in [0.05, 0.1) is 6.61 Å². The number of aliphatic carboxylic acids is 1. The summed E-state index contributed by atoms with van der Waals surface area (Å²) in [6.07, 6.45) is -4.74. The zero-order valence-corrected chi connectivity index (χ0v) is 20.1. The lowest BCUT2D eigenvalue weighted by Gasteiger charge is -2.29. The summed E-state index contributed by atoms with van der Waals surface area (Å²) in [5.74, 6) is -2.71. The number of hydrogen-bond donors (Lipinski definition) is 2. The van der Waals surface area contributed by atoms with E-state index >= 15 is 0 Å². The quantitative estimate of drug-likeness (QED) is 0.611. The molecule has 1 heterocycles. The molecule has 0 aromatic heterocycles. The molecule has 1 saturated heterocycles. The number of rotatable bonds is 7. The molecular weight excluding hydrogens is 455 g/mol. The van der Waals surface area contributed by atoms with Crippen molar-refractivity contribution < 1.29 is 37.4 Å². The molecule has 1 aliphatic heterocycles. The van der Waals surface area contributed by atoms with Gasteiger partial charge in [-0.25, -0.2) is 4.79 Å². The van der Waals surface area contributed by atoms with Crippen LogP contribution < -0.4 is 5.32 Å². The van der Waals surface area contributed by atoms with Crippen molar-refractivity contribution in [2.75, 3.05) is 53.0 Å². The van der Waals surface area contributed by atoms with Crippen LogP contribution in [0, 0.1) is 0 Å². The number of amides is 2. The summed E-state index contributed by atoms with van der Waals surface area (Å²) in [6, 6.07) is 7.77. The number of nitrogens with zero attached hydrogens (tertiary/aromatic N) is 2. The average Bonchev–Trinajstić information content (AvgIpc) is 2.78. The number of ether oxygens (including phenoxy) is 1. The largest absolute Gasteiger partial charge is 0.490 e. The number of halogens is 3. The lowest BCUT2D eigenvalue weighted by molar-refractivity contribution is -0.192. The minimum Gasteiger partial charge on any atom is -0.475 e. The highest BCUT2D eigenvalue weighted by Gasteiger charge is 2.38. The van der Waals surface area contributed by atoms with Crippen LogP contribution in [-0.2, 0) is 19.7 Å². The lowest BCUT2D eigenvalue weighted by Crippen LogP contribution is -2.47. The molecule has 1 aromatic rings. The predicted octanol–water partition coefficient (Wildman–Crippen LogP) is 2.53. The second kappa shape index (κ2) is 13.3. The topological polar surface area (TPSA) is 99.2 Å². The number of carboxylic acid groups (broad SMARTS) is 1. The molecule has 1 fully saturated rings. The Balaban J connectivity index is 0.000000718. The third kappa shape index (κ3) is 10.1. The Bertz CT molecular complexity index is 802. The van der Waals surface area contributed by atoms with Gasteiger partial charge in [-0.2, -0.15) is 13.2 Å². The van der Waals surface area contributed by atoms with Gasteiger partial charge in [-0.3, -0.25) is 9.59 Å². The molecule has 1 aromatic carbocycles. The maximum absolute atomic E-state index is 12.9. The normalized spacial score (nSPS) is 14.1. The standard InChI is InChI=1S/C21H33N3O3.C2HF3O2/c1-21(2,3)18-7-5-17(6-8-18)20(26)24(15-16-27-4)12-9-19(25)23-13-10-22-11-14-23;3-2(4,5)1(6)7/h5-8,22H,9-16H2,1-4H3;(H,6,7). The van der Waals surface area contributed by atoms with E-state index in [4.69, 9.17) is 14.6 Å². The second-order valence-electron chi connectivity index (χ2n) is 8.80. The van der Waals surface area contributed by atoms with Gasteiger partial charge in [0.15, 0.2) is 0 Å². The highest BCUT2D eigenvalue weighted by Crippen LogP contribution is 2.22. The van der Waals surface area contributed by atoms with Gasteiger partial charge in [0, 0.05) is 58.4 Å². The third-order valence-corrected chi connectivity index (χ3v) is 5.16. The fourth-order valence-electron chi connectivity index (χ4n) is 3.11. The van der Waals surface area contributed by atoms with Gasteiger partial charge in [-0.1, -0.05) is 32.9 Å². The van der Waals surface area contributed by atoms with Crippen molar-refractivity contribution in [3.63, 3.8) is 0 Å². The molecule has 2 N–H and O–H groups in total. The van der Waals surface area contributed by atoms with E-state index in [9.17, 15) is 22.8 Å². The molecule has 0 radical (unpaired) electrons. The van der Waals surface area contributed by atoms with Gasteiger partial charge >= 0.3 is 12.1 Å². The molecule has 0 bridgehead atoms. The smallest absolute Gasteiger partial charge is 0.475 e. The Labute approximate surface area is 198 Å². The van der Waals surface area contributed by atoms with Crippen molar-refractivity contribution in [2.24, 2.45) is 0 Å². The summed E-state index contributed by atoms with van der Waals surface area (Å²) in [4.78, 5) is 37.8. The number of methoxy groups -OCH3 is 1. The van der Waals surface area contributed by atoms with Crippen LogP contribution in [0.4, 0.5) is 13.2 Å². The van der Waals surface area contributed by atoms with Gasteiger partial charge in [-0.15, -0.1) is 0 Å². The molecule has 2 rings (SSSR count). The van der Waals surface area contributed by atoms with Crippen molar-refractivity contribution >= 4 is 17.8 Å². The minimum absolute atomic E-state index is 0.0486. The van der Waals surface area contributed by atoms with Gasteiger partial charge in [-0.05, 0) is 23.1 Å². The van der Waals surface area contributed by atoms with E-state index in [0.29, 0.717) is 31.7 Å². The molecular formula is C23H34F3N3O5. The number of alkyl halides is 3. The lowest BCUT2D eigenvalue weighted by atomic mass is 9.86. The van der Waals surface area contributed by atoms with Crippen LogP contribution in [0.5, 0.6) is 0 Å². The Kier molecular flexibility index (Phi) is 11.5. The highest BCUT2D eigenvalue weighted by molar-refractivity contribution is 5.94. The van der Waals surface area contributed by atoms with Gasteiger partial charge in [0.1, 0.15) is 0 Å². The first kappa shape index (κ1) is 29.4. The molecule has 2 amide bonds. The van der Waals surface area contributed by atoms with E-state index in [1.807, 2.05) is 29.2 Å². The van der Waals surface area contributed by atoms with E-state index in [1.54, 1.807) is 12.0 Å². The summed E-state index contributed by atoms with van der Waals surface area (Å²) in [7, 11) is 1.62. The van der Waals surface area contributed by atoms with Crippen molar-refractivity contribution in [2.45, 2.75) is 38.8 Å². The van der Waals surface area contributed by atoms with Crippen LogP contribution in [0.2, 0.25) is 0 Å². The van der Waals surface area contributed by atoms with Crippen LogP contribution >= 0.6 is 0 Å². The van der Waals surface area contributed by atoms with Crippen LogP contribution in [0.1, 0.15) is 43.1 Å². The maximum Gasteiger partial charge on any atom is 0.490 e. The first-order chi connectivity index (χ1) is 15.8. The number of carbonyl (C=O) groups is 3. The Hall–Kier alpha value is -2.66. The zero-order chi connectivity index (χ0) is 25.9. The van der Waals surface area contributed by atoms with E-state index in [2.05, 4.69) is 26.1 Å². The Morgan fingerprint density at radius 3 is 2.03 bits per heavy atom. The molecule has 1 aliphatic rings. The molecule has 0 saturated carbocycles. The molecule has 0 unspecified atom stereocenters. The molecule has 8 nitrogen and oxygen atoms in total. The Morgan fingerprint density at radius 1 is 1.06 bits per heavy atom. The molecule has 0 spiro atoms. The highest BCUT2D eigenvalue weighted by atomic mass is 19.4. The summed E-state index contributed by atoms with van der Waals surface area (Å²) in [5, 5.41) is 10.4. The number of piperazine rings is 1. The van der Waals surface area contributed by atoms with E-state index < -0.39 is 12.1 Å². The first-order valence-corrected chi connectivity index (χ1v) is 10.9. The molecule has 34 heavy (non-hydrogen) atoms. The van der Waals surface area contributed by atoms with Crippen LogP contribution in [-0.4, -0.2) is 91.9 Å². The predicted molar refractivity (Wildman–Crippen MR) is 121 cm³/mol. The van der Waals surface area contributed by atoms with E-state index in [1.165, 1.54) is 5.56 Å². The number of carboxylic acids is 1. The van der Waals surface area contributed by atoms with Gasteiger partial charge in [0.25, 0.3) is 5.91 Å². The second-order valence-corrected chi connectivity index (χ2v) is 8.80. The molecule has 192 valence electrons. The summed E-state index contributed by atoms with van der Waals surface area (Å²) >= 11 is 0. The van der Waals surface area contributed by atoms with Crippen molar-refractivity contribution in [3.05, 3.63) is 35.4 Å². The third-order valence-electron chi connectivity index (χ3n) is 5.16. The fourth-order valence-corrected chi connectivity index (χ4v) is 3.11. The average molecular weight is 490 g/mol. The minimum atomic E-state index is -5.08. The van der Waals surface area contributed by atoms with E-state index in [-0.39, 0.29) is 17.2 Å². The number of benzene rings is 1. The summed E-state index contributed by atoms with van der Waals surface area (Å²) in [6.45, 7) is 10.9. The number of hydrogen-bond acceptors (Lipinski definition) is 5. The first-order valence-electron chi connectivity index (χ1n) is 10.9. The monoisotopic (exact) mass is 489 g/mol. The van der Waals surface area contributed by atoms with Crippen molar-refractivity contribution in [1.29, 1.82) is 0 Å². The van der Waals surface area contributed by atoms with Crippen LogP contribution in [0.15, 0.2) is 24.3 Å². The molecule has 0 aliphatic carbocycles. The Morgan fingerprint density at radius 2 is 1.59 bits per heavy atom. The van der Waals surface area contributed by atoms with E-state index in [0.717, 1.165) is 26.2 Å². The number of carbonyl (C=O) groups excluding carboxylic acids is 2. The molecule has 0 atom stereocenters. The SMILES string of the molecule is COCCN(CCC(=O)N1CCNCC1)C(=O)c1ccc(C(C)(C)C)cc1.O=C(O)C(F)(F)F. The molecule has 11 heteroatoms. The summed E-state index contributed by atoms with van der Waals surface area (Å²) < 4.78 is 36.9. The zero-order valence-electron chi connectivity index (χ0n) is 20.1. The number of nitrogens with one attached hydrogen (secondary N) is 1. The van der Waals surface area contributed by atoms with Gasteiger partial charge in [0.2, 0.25) is 5.91 Å². The van der Waals surface area contributed by atoms with Crippen molar-refractivity contribution in [1.82, 2.24) is 15.1 Å². The van der Waals surface area contributed by atoms with Crippen LogP contribution in [0.25, 0.3) is 0 Å². The van der Waals surface area contributed by atoms with Crippen LogP contribution in [0.3, 0.4) is 0 Å². The van der Waals surface area contributed by atoms with Crippen molar-refractivity contribution in [3.8, 4) is 0 Å². The van der Waals surface area contributed by atoms with Gasteiger partial charge < -0.3 is 25.0 Å². The maximum atomic E-state index is 12.9. The fraction of sp³-hybridized carbons (Fsp3) is 0.609. The summed E-state index contributed by atoms with van der Waals surface area (Å²) in [5.41, 5.74) is 1.89.